The molecule has 0 aromatic heterocycles. The molecule has 0 saturated heterocycles. The molecule has 13 heteroatoms. The number of aryl methyl sites for hydroxylation is 2. The van der Waals surface area contributed by atoms with Crippen LogP contribution in [0.15, 0.2) is 94.7 Å². The van der Waals surface area contributed by atoms with Crippen LogP contribution >= 0.6 is 0 Å². The van der Waals surface area contributed by atoms with Gasteiger partial charge < -0.3 is 24.2 Å². The Balaban J connectivity index is 0.000000387. The molecule has 0 unspecified atom stereocenters. The average Bonchev–Trinajstić information content (AvgIpc) is 3.16. The third kappa shape index (κ3) is 19.2. The maximum Gasteiger partial charge on any atom is 2.00 e. The second-order valence-electron chi connectivity index (χ2n) is 14.0. The van der Waals surface area contributed by atoms with E-state index >= 15 is 0 Å². The molecule has 0 aliphatic carbocycles. The zero-order valence-corrected chi connectivity index (χ0v) is 37.3. The van der Waals surface area contributed by atoms with E-state index in [0.29, 0.717) is 11.5 Å². The van der Waals surface area contributed by atoms with Crippen molar-refractivity contribution in [3.8, 4) is 34.5 Å². The fourth-order valence-electron chi connectivity index (χ4n) is 6.23. The summed E-state index contributed by atoms with van der Waals surface area (Å²) in [5, 5.41) is 22.1. The van der Waals surface area contributed by atoms with E-state index in [4.69, 9.17) is 14.0 Å². The zero-order valence-electron chi connectivity index (χ0n) is 33.5. The van der Waals surface area contributed by atoms with Gasteiger partial charge in [0.1, 0.15) is 27.4 Å². The second-order valence-corrected chi connectivity index (χ2v) is 16.8. The summed E-state index contributed by atoms with van der Waals surface area (Å²) in [6.07, 6.45) is 21.6. The van der Waals surface area contributed by atoms with Crippen LogP contribution in [0.3, 0.4) is 0 Å². The molecule has 10 nitrogen and oxygen atoms in total. The van der Waals surface area contributed by atoms with Crippen molar-refractivity contribution in [3.05, 3.63) is 96.1 Å². The number of rotatable bonds is 24. The Morgan fingerprint density at radius 2 is 0.930 bits per heavy atom. The van der Waals surface area contributed by atoms with Gasteiger partial charge in [0.2, 0.25) is 0 Å². The van der Waals surface area contributed by atoms with Gasteiger partial charge in [0.15, 0.2) is 11.5 Å². The van der Waals surface area contributed by atoms with Crippen molar-refractivity contribution in [2.75, 3.05) is 0 Å². The number of para-hydroxylation sites is 2. The van der Waals surface area contributed by atoms with Crippen LogP contribution < -0.4 is 14.6 Å². The van der Waals surface area contributed by atoms with Crippen LogP contribution in [0.25, 0.3) is 0 Å². The van der Waals surface area contributed by atoms with Crippen LogP contribution in [0.2, 0.25) is 0 Å². The van der Waals surface area contributed by atoms with Crippen LogP contribution in [-0.2, 0) is 33.1 Å². The van der Waals surface area contributed by atoms with Gasteiger partial charge >= 0.3 is 37.7 Å². The summed E-state index contributed by atoms with van der Waals surface area (Å²) in [4.78, 5) is -0.915. The molecule has 0 aliphatic rings. The molecule has 2 N–H and O–H groups in total. The first-order valence-corrected chi connectivity index (χ1v) is 22.8. The number of unbranched alkanes of at least 4 members (excludes halogenated alkanes) is 14. The molecule has 308 valence electrons. The molecule has 4 aromatic rings. The largest absolute Gasteiger partial charge is 2.00 e. The molecule has 0 saturated carbocycles. The standard InChI is InChI=1S/2C22H30O5S.Ca/c2*1-2-3-4-5-6-7-8-9-12-18-13-10-11-14-21(18)27-22-16-15-19(17-20(22)23)28(24,25)26;/h2*10-11,13-17,23H,2-9,12H2,1H3,(H,24,25,26);/q;;+2/p-2. The summed E-state index contributed by atoms with van der Waals surface area (Å²) in [5.41, 5.74) is 2.06. The fourth-order valence-corrected chi connectivity index (χ4v) is 7.21. The summed E-state index contributed by atoms with van der Waals surface area (Å²) >= 11 is 0. The van der Waals surface area contributed by atoms with Crippen LogP contribution in [0.4, 0.5) is 0 Å². The van der Waals surface area contributed by atoms with E-state index in [-0.39, 0.29) is 59.9 Å². The van der Waals surface area contributed by atoms with Gasteiger partial charge in [-0.1, -0.05) is 146 Å². The third-order valence-corrected chi connectivity index (χ3v) is 11.1. The average molecular weight is 851 g/mol. The maximum atomic E-state index is 12.1. The maximum absolute atomic E-state index is 12.1. The van der Waals surface area contributed by atoms with Gasteiger partial charge in [0.25, 0.3) is 10.1 Å². The zero-order chi connectivity index (χ0) is 40.8. The van der Waals surface area contributed by atoms with E-state index in [1.165, 1.54) is 102 Å². The first-order chi connectivity index (χ1) is 26.8. The quantitative estimate of drug-likeness (QED) is 0.0392. The van der Waals surface area contributed by atoms with E-state index in [9.17, 15) is 31.6 Å². The van der Waals surface area contributed by atoms with Gasteiger partial charge in [0, 0.05) is 6.07 Å². The monoisotopic (exact) mass is 850 g/mol. The van der Waals surface area contributed by atoms with Crippen molar-refractivity contribution in [1.29, 1.82) is 0 Å². The van der Waals surface area contributed by atoms with Gasteiger partial charge in [-0.15, -0.1) is 0 Å². The van der Waals surface area contributed by atoms with Gasteiger partial charge in [0.05, 0.1) is 9.79 Å². The summed E-state index contributed by atoms with van der Waals surface area (Å²) in [7, 11) is -9.02. The molecule has 0 atom stereocenters. The van der Waals surface area contributed by atoms with E-state index in [1.807, 2.05) is 42.5 Å². The molecular formula is C44H58CaO10S2. The van der Waals surface area contributed by atoms with Crippen molar-refractivity contribution < 1.29 is 45.6 Å². The smallest absolute Gasteiger partial charge is 0.870 e. The summed E-state index contributed by atoms with van der Waals surface area (Å²) in [5.74, 6) is 0.419. The number of phenols is 1. The normalized spacial score (nSPS) is 11.3. The van der Waals surface area contributed by atoms with Crippen LogP contribution in [0.1, 0.15) is 128 Å². The Kier molecular flexibility index (Phi) is 23.8. The van der Waals surface area contributed by atoms with Crippen molar-refractivity contribution in [1.82, 2.24) is 0 Å². The van der Waals surface area contributed by atoms with Crippen molar-refractivity contribution in [3.63, 3.8) is 0 Å². The molecule has 57 heavy (non-hydrogen) atoms. The SMILES string of the molecule is CCCCCCCCCCc1ccccc1Oc1ccc(S(=O)(=O)O)cc1O.CCCCCCCCCCc1ccccc1Oc1ccc(S(=O)(=O)[O-])cc1[O-].[Ca+2]. The predicted octanol–water partition coefficient (Wildman–Crippen LogP) is 10.9. The molecule has 4 rings (SSSR count). The first-order valence-electron chi connectivity index (χ1n) is 19.9. The molecule has 0 radical (unpaired) electrons. The number of phenolic OH excluding ortho intramolecular Hbond substituents is 1. The first kappa shape index (κ1) is 50.3. The van der Waals surface area contributed by atoms with Crippen molar-refractivity contribution in [2.45, 2.75) is 139 Å². The van der Waals surface area contributed by atoms with Crippen LogP contribution in [-0.4, -0.2) is 68.8 Å². The van der Waals surface area contributed by atoms with E-state index in [0.717, 1.165) is 61.4 Å². The minimum atomic E-state index is -4.65. The molecule has 0 fully saturated rings. The summed E-state index contributed by atoms with van der Waals surface area (Å²) < 4.78 is 76.0. The number of aromatic hydroxyl groups is 1. The predicted molar refractivity (Wildman–Crippen MR) is 223 cm³/mol. The molecule has 0 amide bonds. The number of hydrogen-bond donors (Lipinski definition) is 2. The topological polar surface area (TPSA) is 173 Å². The summed E-state index contributed by atoms with van der Waals surface area (Å²) in [6, 6.07) is 21.8. The van der Waals surface area contributed by atoms with Gasteiger partial charge in [-0.25, -0.2) is 8.42 Å². The number of hydrogen-bond acceptors (Lipinski definition) is 9. The van der Waals surface area contributed by atoms with Gasteiger partial charge in [-0.3, -0.25) is 4.55 Å². The Morgan fingerprint density at radius 1 is 0.526 bits per heavy atom. The van der Waals surface area contributed by atoms with Crippen LogP contribution in [0.5, 0.6) is 34.5 Å². The van der Waals surface area contributed by atoms with Crippen LogP contribution in [0, 0.1) is 0 Å². The Hall–Kier alpha value is -2.84. The molecule has 0 aliphatic heterocycles. The summed E-state index contributed by atoms with van der Waals surface area (Å²) in [6.45, 7) is 4.44. The second kappa shape index (κ2) is 27.0. The molecule has 0 bridgehead atoms. The van der Waals surface area contributed by atoms with E-state index in [1.54, 1.807) is 6.07 Å². The number of ether oxygens (including phenoxy) is 2. The Bertz CT molecular complexity index is 1840. The van der Waals surface area contributed by atoms with Gasteiger partial charge in [-0.2, -0.15) is 8.42 Å². The van der Waals surface area contributed by atoms with Crippen molar-refractivity contribution >= 4 is 58.0 Å². The van der Waals surface area contributed by atoms with E-state index in [2.05, 4.69) is 13.8 Å². The van der Waals surface area contributed by atoms with Gasteiger partial charge in [-0.05, 0) is 79.3 Å². The number of benzene rings is 4. The Morgan fingerprint density at radius 3 is 1.35 bits per heavy atom. The molecule has 4 aromatic carbocycles. The minimum absolute atomic E-state index is 0. The molecule has 0 spiro atoms. The molecule has 0 heterocycles. The Labute approximate surface area is 370 Å². The third-order valence-electron chi connectivity index (χ3n) is 9.42. The minimum Gasteiger partial charge on any atom is -0.870 e. The van der Waals surface area contributed by atoms with E-state index < -0.39 is 30.9 Å². The molecular weight excluding hydrogens is 793 g/mol. The fraction of sp³-hybridized carbons (Fsp3) is 0.455. The van der Waals surface area contributed by atoms with Crippen molar-refractivity contribution in [2.24, 2.45) is 0 Å².